The second-order valence-corrected chi connectivity index (χ2v) is 7.94. The normalized spacial score (nSPS) is 15.0. The topological polar surface area (TPSA) is 80.5 Å². The van der Waals surface area contributed by atoms with E-state index in [0.717, 1.165) is 48.4 Å². The Morgan fingerprint density at radius 1 is 1.16 bits per heavy atom. The molecule has 1 saturated heterocycles. The molecule has 1 amide bonds. The summed E-state index contributed by atoms with van der Waals surface area (Å²) in [7, 11) is 1.64. The summed E-state index contributed by atoms with van der Waals surface area (Å²) in [5.74, 6) is 2.21. The molecule has 7 heteroatoms. The van der Waals surface area contributed by atoms with Crippen molar-refractivity contribution in [2.75, 3.05) is 20.2 Å². The number of nitrogens with one attached hydrogen (secondary N) is 1. The second kappa shape index (κ2) is 9.75. The van der Waals surface area contributed by atoms with Gasteiger partial charge in [-0.15, -0.1) is 0 Å². The zero-order valence-corrected chi connectivity index (χ0v) is 18.0. The van der Waals surface area contributed by atoms with E-state index in [1.165, 1.54) is 0 Å². The molecule has 1 aliphatic heterocycles. The Kier molecular flexibility index (Phi) is 6.62. The highest BCUT2D eigenvalue weighted by molar-refractivity contribution is 5.78. The number of hydrogen-bond donors (Lipinski definition) is 1. The van der Waals surface area contributed by atoms with Crippen molar-refractivity contribution >= 4 is 5.91 Å². The lowest BCUT2D eigenvalue weighted by Crippen LogP contribution is -2.40. The van der Waals surface area contributed by atoms with Gasteiger partial charge in [0, 0.05) is 18.0 Å². The van der Waals surface area contributed by atoms with Crippen LogP contribution in [-0.4, -0.2) is 41.1 Å². The van der Waals surface area contributed by atoms with Gasteiger partial charge in [0.2, 0.25) is 17.6 Å². The molecule has 0 radical (unpaired) electrons. The van der Waals surface area contributed by atoms with Crippen LogP contribution >= 0.6 is 0 Å². The van der Waals surface area contributed by atoms with Crippen LogP contribution < -0.4 is 10.1 Å². The van der Waals surface area contributed by atoms with Gasteiger partial charge in [0.05, 0.1) is 13.7 Å². The molecule has 4 rings (SSSR count). The maximum atomic E-state index is 12.6. The Labute approximate surface area is 182 Å². The van der Waals surface area contributed by atoms with Gasteiger partial charge in [0.15, 0.2) is 0 Å². The van der Waals surface area contributed by atoms with Crippen molar-refractivity contribution in [2.45, 2.75) is 32.9 Å². The minimum absolute atomic E-state index is 0.0414. The number of amides is 1. The molecule has 0 bridgehead atoms. The molecule has 7 nitrogen and oxygen atoms in total. The zero-order chi connectivity index (χ0) is 21.6. The first kappa shape index (κ1) is 21.1. The summed E-state index contributed by atoms with van der Waals surface area (Å²) in [5, 5.41) is 7.19. The number of hydrogen-bond acceptors (Lipinski definition) is 6. The summed E-state index contributed by atoms with van der Waals surface area (Å²) < 4.78 is 10.6. The van der Waals surface area contributed by atoms with Crippen LogP contribution in [0.15, 0.2) is 53.1 Å². The highest BCUT2D eigenvalue weighted by Crippen LogP contribution is 2.22. The fourth-order valence-electron chi connectivity index (χ4n) is 3.87. The molecule has 2 heterocycles. The maximum absolute atomic E-state index is 12.6. The van der Waals surface area contributed by atoms with Crippen molar-refractivity contribution in [3.05, 3.63) is 65.5 Å². The highest BCUT2D eigenvalue weighted by Gasteiger charge is 2.26. The van der Waals surface area contributed by atoms with Crippen molar-refractivity contribution in [2.24, 2.45) is 5.92 Å². The number of methoxy groups -OCH3 is 1. The Bertz CT molecular complexity index is 1010. The minimum atomic E-state index is 0.0414. The highest BCUT2D eigenvalue weighted by atomic mass is 16.5. The summed E-state index contributed by atoms with van der Waals surface area (Å²) in [6.07, 6.45) is 1.65. The Morgan fingerprint density at radius 2 is 1.90 bits per heavy atom. The van der Waals surface area contributed by atoms with Gasteiger partial charge in [-0.2, -0.15) is 4.98 Å². The lowest BCUT2D eigenvalue weighted by atomic mass is 9.96. The number of likely N-dealkylation sites (tertiary alicyclic amines) is 1. The van der Waals surface area contributed by atoms with Crippen molar-refractivity contribution in [3.8, 4) is 17.1 Å². The molecule has 3 aromatic rings. The summed E-state index contributed by atoms with van der Waals surface area (Å²) in [5.41, 5.74) is 3.17. The number of aryl methyl sites for hydroxylation is 1. The smallest absolute Gasteiger partial charge is 0.241 e. The van der Waals surface area contributed by atoms with Gasteiger partial charge in [0.1, 0.15) is 5.75 Å². The molecule has 0 unspecified atom stereocenters. The monoisotopic (exact) mass is 420 g/mol. The standard InChI is InChI=1S/C24H28N4O3/c1-17-5-3-4-6-21(17)23-26-22(31-27-23)16-28-13-11-19(12-14-28)24(29)25-15-18-7-9-20(30-2)10-8-18/h3-10,19H,11-16H2,1-2H3,(H,25,29). The van der Waals surface area contributed by atoms with E-state index in [1.807, 2.05) is 55.5 Å². The van der Waals surface area contributed by atoms with Crippen LogP contribution in [0.4, 0.5) is 0 Å². The van der Waals surface area contributed by atoms with Gasteiger partial charge in [-0.3, -0.25) is 9.69 Å². The average molecular weight is 421 g/mol. The first-order valence-corrected chi connectivity index (χ1v) is 10.6. The van der Waals surface area contributed by atoms with Crippen LogP contribution in [0.3, 0.4) is 0 Å². The quantitative estimate of drug-likeness (QED) is 0.629. The van der Waals surface area contributed by atoms with Crippen LogP contribution in [0.2, 0.25) is 0 Å². The third-order valence-corrected chi connectivity index (χ3v) is 5.80. The van der Waals surface area contributed by atoms with E-state index < -0.39 is 0 Å². The molecule has 0 spiro atoms. The molecule has 31 heavy (non-hydrogen) atoms. The Morgan fingerprint density at radius 3 is 2.61 bits per heavy atom. The van der Waals surface area contributed by atoms with Crippen molar-refractivity contribution in [1.29, 1.82) is 0 Å². The predicted molar refractivity (Wildman–Crippen MR) is 117 cm³/mol. The van der Waals surface area contributed by atoms with Crippen LogP contribution in [0.25, 0.3) is 11.4 Å². The van der Waals surface area contributed by atoms with Gasteiger partial charge >= 0.3 is 0 Å². The van der Waals surface area contributed by atoms with Gasteiger partial charge in [-0.1, -0.05) is 41.6 Å². The molecule has 1 aromatic heterocycles. The lowest BCUT2D eigenvalue weighted by molar-refractivity contribution is -0.126. The molecule has 0 atom stereocenters. The van der Waals surface area contributed by atoms with E-state index >= 15 is 0 Å². The van der Waals surface area contributed by atoms with E-state index in [1.54, 1.807) is 7.11 Å². The number of carbonyl (C=O) groups is 1. The summed E-state index contributed by atoms with van der Waals surface area (Å²) >= 11 is 0. The van der Waals surface area contributed by atoms with E-state index in [9.17, 15) is 4.79 Å². The van der Waals surface area contributed by atoms with Gasteiger partial charge in [0.25, 0.3) is 0 Å². The third kappa shape index (κ3) is 5.30. The number of piperidine rings is 1. The average Bonchev–Trinajstić information content (AvgIpc) is 3.26. The fraction of sp³-hybridized carbons (Fsp3) is 0.375. The summed E-state index contributed by atoms with van der Waals surface area (Å²) in [6.45, 7) is 4.85. The second-order valence-electron chi connectivity index (χ2n) is 7.94. The molecule has 0 aliphatic carbocycles. The number of ether oxygens (including phenoxy) is 1. The van der Waals surface area contributed by atoms with Gasteiger partial charge in [-0.05, 0) is 56.1 Å². The first-order chi connectivity index (χ1) is 15.1. The molecule has 1 fully saturated rings. The molecule has 2 aromatic carbocycles. The molecular formula is C24H28N4O3. The predicted octanol–water partition coefficient (Wildman–Crippen LogP) is 3.58. The Balaban J connectivity index is 1.24. The minimum Gasteiger partial charge on any atom is -0.497 e. The van der Waals surface area contributed by atoms with Crippen LogP contribution in [0, 0.1) is 12.8 Å². The summed E-state index contributed by atoms with van der Waals surface area (Å²) in [4.78, 5) is 19.4. The van der Waals surface area contributed by atoms with Crippen LogP contribution in [0.5, 0.6) is 5.75 Å². The van der Waals surface area contributed by atoms with Crippen LogP contribution in [0.1, 0.15) is 29.9 Å². The van der Waals surface area contributed by atoms with E-state index in [2.05, 4.69) is 20.4 Å². The van der Waals surface area contributed by atoms with Crippen molar-refractivity contribution < 1.29 is 14.1 Å². The molecule has 0 saturated carbocycles. The molecule has 1 aliphatic rings. The number of benzene rings is 2. The molecule has 162 valence electrons. The lowest BCUT2D eigenvalue weighted by Gasteiger charge is -2.30. The zero-order valence-electron chi connectivity index (χ0n) is 18.0. The number of rotatable bonds is 7. The summed E-state index contributed by atoms with van der Waals surface area (Å²) in [6, 6.07) is 15.8. The Hall–Kier alpha value is -3.19. The van der Waals surface area contributed by atoms with E-state index in [4.69, 9.17) is 9.26 Å². The van der Waals surface area contributed by atoms with Crippen molar-refractivity contribution in [1.82, 2.24) is 20.4 Å². The largest absolute Gasteiger partial charge is 0.497 e. The van der Waals surface area contributed by atoms with Crippen molar-refractivity contribution in [3.63, 3.8) is 0 Å². The maximum Gasteiger partial charge on any atom is 0.241 e. The third-order valence-electron chi connectivity index (χ3n) is 5.80. The number of nitrogens with zero attached hydrogens (tertiary/aromatic N) is 3. The fourth-order valence-corrected chi connectivity index (χ4v) is 3.87. The molecule has 1 N–H and O–H groups in total. The SMILES string of the molecule is COc1ccc(CNC(=O)C2CCN(Cc3nc(-c4ccccc4C)no3)CC2)cc1. The van der Waals surface area contributed by atoms with Gasteiger partial charge in [-0.25, -0.2) is 0 Å². The van der Waals surface area contributed by atoms with Gasteiger partial charge < -0.3 is 14.6 Å². The number of aromatic nitrogens is 2. The molecular weight excluding hydrogens is 392 g/mol. The number of carbonyl (C=O) groups excluding carboxylic acids is 1. The van der Waals surface area contributed by atoms with Crippen LogP contribution in [-0.2, 0) is 17.9 Å². The van der Waals surface area contributed by atoms with E-state index in [-0.39, 0.29) is 11.8 Å². The first-order valence-electron chi connectivity index (χ1n) is 10.6. The van der Waals surface area contributed by atoms with E-state index in [0.29, 0.717) is 24.8 Å².